The van der Waals surface area contributed by atoms with Crippen LogP contribution < -0.4 is 5.32 Å². The number of nitrogens with one attached hydrogen (secondary N) is 1. The minimum atomic E-state index is 0.295. The molecule has 1 N–H and O–H groups in total. The summed E-state index contributed by atoms with van der Waals surface area (Å²) in [6.45, 7) is 2.18. The first-order valence-electron chi connectivity index (χ1n) is 6.37. The Balaban J connectivity index is 1.67. The summed E-state index contributed by atoms with van der Waals surface area (Å²) in [6.07, 6.45) is 0. The number of thioether (sulfide) groups is 1. The Bertz CT molecular complexity index is 549. The van der Waals surface area contributed by atoms with Gasteiger partial charge in [-0.25, -0.2) is 0 Å². The van der Waals surface area contributed by atoms with Crippen LogP contribution >= 0.6 is 23.1 Å². The monoisotopic (exact) mass is 288 g/mol. The lowest BCUT2D eigenvalue weighted by Crippen LogP contribution is -2.22. The number of rotatable bonds is 3. The van der Waals surface area contributed by atoms with Gasteiger partial charge in [-0.15, -0.1) is 0 Å². The maximum atomic E-state index is 4.78. The molecule has 0 saturated heterocycles. The summed E-state index contributed by atoms with van der Waals surface area (Å²) < 4.78 is 0. The van der Waals surface area contributed by atoms with Gasteiger partial charge in [-0.1, -0.05) is 42.1 Å². The van der Waals surface area contributed by atoms with E-state index in [0.717, 1.165) is 10.9 Å². The van der Waals surface area contributed by atoms with Gasteiger partial charge >= 0.3 is 0 Å². The third-order valence-corrected chi connectivity index (χ3v) is 4.90. The largest absolute Gasteiger partial charge is 0.358 e. The average molecular weight is 288 g/mol. The number of hydrogen-bond donors (Lipinski definition) is 1. The lowest BCUT2D eigenvalue weighted by Gasteiger charge is -2.12. The van der Waals surface area contributed by atoms with Gasteiger partial charge in [-0.3, -0.25) is 4.99 Å². The van der Waals surface area contributed by atoms with Gasteiger partial charge in [0, 0.05) is 5.75 Å². The highest BCUT2D eigenvalue weighted by Gasteiger charge is 2.21. The van der Waals surface area contributed by atoms with Crippen molar-refractivity contribution in [3.63, 3.8) is 0 Å². The lowest BCUT2D eigenvalue weighted by atomic mass is 10.1. The van der Waals surface area contributed by atoms with Crippen molar-refractivity contribution in [3.05, 3.63) is 58.3 Å². The standard InChI is InChI=1S/C15H16N2S2/c1-11(13-7-8-18-9-13)16-15-17-14(10-19-15)12-5-3-2-4-6-12/h2-9,11,14H,10H2,1H3,(H,16,17). The van der Waals surface area contributed by atoms with Gasteiger partial charge < -0.3 is 5.32 Å². The van der Waals surface area contributed by atoms with E-state index in [2.05, 4.69) is 53.3 Å². The van der Waals surface area contributed by atoms with E-state index < -0.39 is 0 Å². The van der Waals surface area contributed by atoms with Crippen LogP contribution in [0.15, 0.2) is 52.2 Å². The smallest absolute Gasteiger partial charge is 0.157 e. The number of thiophene rings is 1. The average Bonchev–Trinajstić information content (AvgIpc) is 3.11. The van der Waals surface area contributed by atoms with Crippen LogP contribution in [0.4, 0.5) is 0 Å². The summed E-state index contributed by atoms with van der Waals surface area (Å²) in [5, 5.41) is 8.87. The predicted molar refractivity (Wildman–Crippen MR) is 84.9 cm³/mol. The first-order valence-corrected chi connectivity index (χ1v) is 8.30. The van der Waals surface area contributed by atoms with Gasteiger partial charge in [0.25, 0.3) is 0 Å². The van der Waals surface area contributed by atoms with Crippen molar-refractivity contribution in [1.29, 1.82) is 0 Å². The van der Waals surface area contributed by atoms with Crippen molar-refractivity contribution in [2.45, 2.75) is 19.0 Å². The number of hydrogen-bond acceptors (Lipinski definition) is 4. The van der Waals surface area contributed by atoms with Crippen molar-refractivity contribution < 1.29 is 0 Å². The second-order valence-electron chi connectivity index (χ2n) is 4.59. The summed E-state index contributed by atoms with van der Waals surface area (Å²) in [4.78, 5) is 4.78. The van der Waals surface area contributed by atoms with Gasteiger partial charge in [0.2, 0.25) is 0 Å². The molecule has 0 radical (unpaired) electrons. The van der Waals surface area contributed by atoms with Gasteiger partial charge in [-0.2, -0.15) is 11.3 Å². The molecule has 3 rings (SSSR count). The molecular weight excluding hydrogens is 272 g/mol. The van der Waals surface area contributed by atoms with Crippen molar-refractivity contribution in [2.24, 2.45) is 4.99 Å². The van der Waals surface area contributed by atoms with Crippen LogP contribution in [-0.2, 0) is 0 Å². The summed E-state index contributed by atoms with van der Waals surface area (Å²) >= 11 is 3.55. The van der Waals surface area contributed by atoms with Crippen LogP contribution in [0, 0.1) is 0 Å². The van der Waals surface area contributed by atoms with Crippen molar-refractivity contribution in [3.8, 4) is 0 Å². The zero-order valence-electron chi connectivity index (χ0n) is 10.7. The fourth-order valence-corrected chi connectivity index (χ4v) is 3.89. The third-order valence-electron chi connectivity index (χ3n) is 3.22. The topological polar surface area (TPSA) is 24.4 Å². The Labute approximate surface area is 122 Å². The molecule has 2 unspecified atom stereocenters. The summed E-state index contributed by atoms with van der Waals surface area (Å²) in [5.41, 5.74) is 2.63. The van der Waals surface area contributed by atoms with Gasteiger partial charge in [0.05, 0.1) is 12.1 Å². The Hall–Kier alpha value is -1.26. The van der Waals surface area contributed by atoms with Crippen molar-refractivity contribution >= 4 is 28.3 Å². The van der Waals surface area contributed by atoms with Crippen LogP contribution in [0.2, 0.25) is 0 Å². The molecule has 2 aromatic rings. The first kappa shape index (κ1) is 12.8. The van der Waals surface area contributed by atoms with E-state index in [-0.39, 0.29) is 0 Å². The molecule has 0 spiro atoms. The first-order chi connectivity index (χ1) is 9.33. The van der Waals surface area contributed by atoms with E-state index in [1.165, 1.54) is 11.1 Å². The molecule has 1 aliphatic heterocycles. The number of nitrogens with zero attached hydrogens (tertiary/aromatic N) is 1. The van der Waals surface area contributed by atoms with E-state index in [1.54, 1.807) is 11.3 Å². The van der Waals surface area contributed by atoms with Gasteiger partial charge in [-0.05, 0) is 34.9 Å². The molecule has 0 aliphatic carbocycles. The Morgan fingerprint density at radius 2 is 2.11 bits per heavy atom. The van der Waals surface area contributed by atoms with Gasteiger partial charge in [0.1, 0.15) is 0 Å². The highest BCUT2D eigenvalue weighted by molar-refractivity contribution is 8.14. The molecule has 2 nitrogen and oxygen atoms in total. The highest BCUT2D eigenvalue weighted by Crippen LogP contribution is 2.30. The number of amidine groups is 1. The minimum absolute atomic E-state index is 0.295. The normalized spacial score (nSPS) is 20.1. The maximum absolute atomic E-state index is 4.78. The molecule has 2 heterocycles. The molecule has 0 amide bonds. The third kappa shape index (κ3) is 3.01. The molecule has 1 aromatic heterocycles. The number of benzene rings is 1. The molecule has 19 heavy (non-hydrogen) atoms. The highest BCUT2D eigenvalue weighted by atomic mass is 32.2. The SMILES string of the molecule is CC(NC1=NC(c2ccccc2)CS1)c1ccsc1. The fraction of sp³-hybridized carbons (Fsp3) is 0.267. The Kier molecular flexibility index (Phi) is 3.89. The second kappa shape index (κ2) is 5.80. The maximum Gasteiger partial charge on any atom is 0.157 e. The minimum Gasteiger partial charge on any atom is -0.358 e. The van der Waals surface area contributed by atoms with E-state index in [0.29, 0.717) is 12.1 Å². The molecule has 1 aliphatic rings. The van der Waals surface area contributed by atoms with E-state index >= 15 is 0 Å². The molecular formula is C15H16N2S2. The molecule has 0 bridgehead atoms. The summed E-state index contributed by atoms with van der Waals surface area (Å²) in [5.74, 6) is 1.03. The van der Waals surface area contributed by atoms with Crippen LogP contribution in [0.1, 0.15) is 30.1 Å². The lowest BCUT2D eigenvalue weighted by molar-refractivity contribution is 0.720. The quantitative estimate of drug-likeness (QED) is 0.913. The van der Waals surface area contributed by atoms with Crippen molar-refractivity contribution in [2.75, 3.05) is 5.75 Å². The van der Waals surface area contributed by atoms with E-state index in [9.17, 15) is 0 Å². The zero-order chi connectivity index (χ0) is 13.1. The summed E-state index contributed by atoms with van der Waals surface area (Å²) in [7, 11) is 0. The second-order valence-corrected chi connectivity index (χ2v) is 6.38. The van der Waals surface area contributed by atoms with Crippen LogP contribution in [-0.4, -0.2) is 10.9 Å². The van der Waals surface area contributed by atoms with Crippen LogP contribution in [0.5, 0.6) is 0 Å². The van der Waals surface area contributed by atoms with E-state index in [1.807, 2.05) is 17.8 Å². The fourth-order valence-electron chi connectivity index (χ4n) is 2.09. The zero-order valence-corrected chi connectivity index (χ0v) is 12.4. The predicted octanol–water partition coefficient (Wildman–Crippen LogP) is 4.24. The van der Waals surface area contributed by atoms with Crippen LogP contribution in [0.25, 0.3) is 0 Å². The molecule has 0 saturated carbocycles. The summed E-state index contributed by atoms with van der Waals surface area (Å²) in [6, 6.07) is 13.3. The molecule has 0 fully saturated rings. The molecule has 1 aromatic carbocycles. The van der Waals surface area contributed by atoms with Crippen molar-refractivity contribution in [1.82, 2.24) is 5.32 Å². The Morgan fingerprint density at radius 3 is 2.84 bits per heavy atom. The number of aliphatic imine (C=N–C) groups is 1. The van der Waals surface area contributed by atoms with Crippen LogP contribution in [0.3, 0.4) is 0 Å². The molecule has 4 heteroatoms. The molecule has 98 valence electrons. The Morgan fingerprint density at radius 1 is 1.26 bits per heavy atom. The van der Waals surface area contributed by atoms with Gasteiger partial charge in [0.15, 0.2) is 5.17 Å². The van der Waals surface area contributed by atoms with E-state index in [4.69, 9.17) is 4.99 Å². The molecule has 2 atom stereocenters.